The molecule has 3 heterocycles. The summed E-state index contributed by atoms with van der Waals surface area (Å²) >= 11 is 3.31. The largest absolute Gasteiger partial charge is 0.378 e. The topological polar surface area (TPSA) is 118 Å². The second kappa shape index (κ2) is 9.27. The molecule has 2 aromatic heterocycles. The molecule has 0 aliphatic carbocycles. The minimum atomic E-state index is -3.44. The van der Waals surface area contributed by atoms with Crippen LogP contribution in [0.2, 0.25) is 0 Å². The number of morpholine rings is 1. The SMILES string of the molecule is CS(=O)(=O)Nc1cc(Br)cc(NC(=O)c2cnn(-c3ccc(N4CCOCC4)cn3)c2)c1. The molecular weight excluding hydrogens is 500 g/mol. The van der Waals surface area contributed by atoms with Gasteiger partial charge in [-0.1, -0.05) is 15.9 Å². The van der Waals surface area contributed by atoms with E-state index in [1.54, 1.807) is 24.5 Å². The number of nitrogens with one attached hydrogen (secondary N) is 2. The molecule has 0 bridgehead atoms. The summed E-state index contributed by atoms with van der Waals surface area (Å²) in [4.78, 5) is 19.3. The third kappa shape index (κ3) is 5.64. The summed E-state index contributed by atoms with van der Waals surface area (Å²) in [5, 5.41) is 6.98. The number of halogens is 1. The predicted octanol–water partition coefficient (Wildman–Crippen LogP) is 2.49. The van der Waals surface area contributed by atoms with Gasteiger partial charge in [0.25, 0.3) is 5.91 Å². The van der Waals surface area contributed by atoms with Gasteiger partial charge in [0.1, 0.15) is 0 Å². The highest BCUT2D eigenvalue weighted by atomic mass is 79.9. The normalized spacial score (nSPS) is 14.2. The van der Waals surface area contributed by atoms with Crippen molar-refractivity contribution in [3.63, 3.8) is 0 Å². The highest BCUT2D eigenvalue weighted by Gasteiger charge is 2.14. The number of rotatable bonds is 6. The van der Waals surface area contributed by atoms with Crippen molar-refractivity contribution >= 4 is 48.9 Å². The van der Waals surface area contributed by atoms with Crippen molar-refractivity contribution in [3.05, 3.63) is 59.0 Å². The predicted molar refractivity (Wildman–Crippen MR) is 125 cm³/mol. The first-order valence-electron chi connectivity index (χ1n) is 9.70. The van der Waals surface area contributed by atoms with Crippen LogP contribution >= 0.6 is 15.9 Å². The molecule has 10 nitrogen and oxygen atoms in total. The van der Waals surface area contributed by atoms with Crippen molar-refractivity contribution in [2.75, 3.05) is 47.5 Å². The molecule has 12 heteroatoms. The van der Waals surface area contributed by atoms with Gasteiger partial charge in [0.15, 0.2) is 5.82 Å². The molecule has 2 N–H and O–H groups in total. The summed E-state index contributed by atoms with van der Waals surface area (Å²) in [5.41, 5.74) is 2.10. The molecule has 0 unspecified atom stereocenters. The van der Waals surface area contributed by atoms with Crippen LogP contribution in [0.25, 0.3) is 5.82 Å². The Labute approximate surface area is 193 Å². The van der Waals surface area contributed by atoms with Gasteiger partial charge in [-0.05, 0) is 30.3 Å². The van der Waals surface area contributed by atoms with Crippen LogP contribution in [0.3, 0.4) is 0 Å². The van der Waals surface area contributed by atoms with E-state index < -0.39 is 10.0 Å². The van der Waals surface area contributed by atoms with Gasteiger partial charge < -0.3 is 15.0 Å². The summed E-state index contributed by atoms with van der Waals surface area (Å²) in [6.45, 7) is 3.04. The Morgan fingerprint density at radius 2 is 1.88 bits per heavy atom. The van der Waals surface area contributed by atoms with Crippen molar-refractivity contribution < 1.29 is 17.9 Å². The summed E-state index contributed by atoms with van der Waals surface area (Å²) < 4.78 is 32.8. The van der Waals surface area contributed by atoms with E-state index in [2.05, 4.69) is 41.0 Å². The van der Waals surface area contributed by atoms with Crippen molar-refractivity contribution in [2.24, 2.45) is 0 Å². The van der Waals surface area contributed by atoms with Crippen LogP contribution < -0.4 is 14.9 Å². The average molecular weight is 521 g/mol. The number of carbonyl (C=O) groups is 1. The smallest absolute Gasteiger partial charge is 0.258 e. The number of sulfonamides is 1. The van der Waals surface area contributed by atoms with Crippen LogP contribution in [-0.4, -0.2) is 61.6 Å². The maximum atomic E-state index is 12.7. The number of hydrogen-bond donors (Lipinski definition) is 2. The number of nitrogens with zero attached hydrogens (tertiary/aromatic N) is 4. The standard InChI is InChI=1S/C20H21BrN6O4S/c1-32(29,30)25-17-9-15(21)8-16(10-17)24-20(28)14-11-23-27(13-14)19-3-2-18(12-22-19)26-4-6-31-7-5-26/h2-3,8-13,25H,4-7H2,1H3,(H,24,28). The van der Waals surface area contributed by atoms with Gasteiger partial charge >= 0.3 is 0 Å². The fraction of sp³-hybridized carbons (Fsp3) is 0.250. The van der Waals surface area contributed by atoms with Gasteiger partial charge in [-0.25, -0.2) is 18.1 Å². The first-order valence-corrected chi connectivity index (χ1v) is 12.4. The van der Waals surface area contributed by atoms with E-state index in [1.807, 2.05) is 12.1 Å². The first kappa shape index (κ1) is 22.2. The lowest BCUT2D eigenvalue weighted by molar-refractivity contribution is 0.102. The van der Waals surface area contributed by atoms with Gasteiger partial charge in [0.2, 0.25) is 10.0 Å². The van der Waals surface area contributed by atoms with Gasteiger partial charge in [-0.15, -0.1) is 0 Å². The lowest BCUT2D eigenvalue weighted by atomic mass is 10.2. The third-order valence-electron chi connectivity index (χ3n) is 4.65. The molecule has 168 valence electrons. The maximum absolute atomic E-state index is 12.7. The number of hydrogen-bond acceptors (Lipinski definition) is 7. The Kier molecular flexibility index (Phi) is 6.44. The number of aromatic nitrogens is 3. The van der Waals surface area contributed by atoms with E-state index in [0.29, 0.717) is 40.4 Å². The van der Waals surface area contributed by atoms with E-state index in [0.717, 1.165) is 25.0 Å². The fourth-order valence-electron chi connectivity index (χ4n) is 3.23. The third-order valence-corrected chi connectivity index (χ3v) is 5.71. The van der Waals surface area contributed by atoms with E-state index in [1.165, 1.54) is 16.9 Å². The Bertz CT molecular complexity index is 1220. The number of carbonyl (C=O) groups excluding carboxylic acids is 1. The van der Waals surface area contributed by atoms with Crippen molar-refractivity contribution in [3.8, 4) is 5.82 Å². The number of anilines is 3. The Morgan fingerprint density at radius 1 is 1.12 bits per heavy atom. The molecular formula is C20H21BrN6O4S. The summed E-state index contributed by atoms with van der Waals surface area (Å²) in [6, 6.07) is 8.60. The Hall–Kier alpha value is -2.96. The second-order valence-electron chi connectivity index (χ2n) is 7.20. The van der Waals surface area contributed by atoms with Crippen molar-refractivity contribution in [1.82, 2.24) is 14.8 Å². The van der Waals surface area contributed by atoms with Crippen LogP contribution in [0.15, 0.2) is 53.4 Å². The highest BCUT2D eigenvalue weighted by molar-refractivity contribution is 9.10. The number of ether oxygens (including phenoxy) is 1. The minimum absolute atomic E-state index is 0.331. The summed E-state index contributed by atoms with van der Waals surface area (Å²) in [5.74, 6) is 0.202. The molecule has 1 saturated heterocycles. The number of pyridine rings is 1. The molecule has 1 aromatic carbocycles. The van der Waals surface area contributed by atoms with E-state index in [4.69, 9.17) is 4.74 Å². The van der Waals surface area contributed by atoms with Crippen LogP contribution in [0.1, 0.15) is 10.4 Å². The quantitative estimate of drug-likeness (QED) is 0.512. The molecule has 32 heavy (non-hydrogen) atoms. The molecule has 0 atom stereocenters. The van der Waals surface area contributed by atoms with Crippen molar-refractivity contribution in [2.45, 2.75) is 0 Å². The molecule has 1 aliphatic rings. The van der Waals surface area contributed by atoms with E-state index in [-0.39, 0.29) is 5.91 Å². The Morgan fingerprint density at radius 3 is 2.56 bits per heavy atom. The zero-order valence-electron chi connectivity index (χ0n) is 17.2. The van der Waals surface area contributed by atoms with Gasteiger partial charge in [-0.2, -0.15) is 5.10 Å². The van der Waals surface area contributed by atoms with Gasteiger partial charge in [0, 0.05) is 29.4 Å². The second-order valence-corrected chi connectivity index (χ2v) is 9.87. The molecule has 0 radical (unpaired) electrons. The zero-order valence-corrected chi connectivity index (χ0v) is 19.6. The Balaban J connectivity index is 1.46. The average Bonchev–Trinajstić information content (AvgIpc) is 3.23. The molecule has 0 saturated carbocycles. The van der Waals surface area contributed by atoms with Gasteiger partial charge in [0.05, 0.1) is 48.8 Å². The molecule has 3 aromatic rings. The molecule has 4 rings (SSSR count). The minimum Gasteiger partial charge on any atom is -0.378 e. The first-order chi connectivity index (χ1) is 15.3. The summed E-state index contributed by atoms with van der Waals surface area (Å²) in [6.07, 6.45) is 5.86. The number of amides is 1. The molecule has 1 aliphatic heterocycles. The number of benzene rings is 1. The van der Waals surface area contributed by atoms with Crippen LogP contribution in [-0.2, 0) is 14.8 Å². The van der Waals surface area contributed by atoms with E-state index >= 15 is 0 Å². The van der Waals surface area contributed by atoms with Crippen LogP contribution in [0, 0.1) is 0 Å². The van der Waals surface area contributed by atoms with Crippen LogP contribution in [0.4, 0.5) is 17.1 Å². The van der Waals surface area contributed by atoms with Gasteiger partial charge in [-0.3, -0.25) is 9.52 Å². The van der Waals surface area contributed by atoms with Crippen LogP contribution in [0.5, 0.6) is 0 Å². The maximum Gasteiger partial charge on any atom is 0.258 e. The lowest BCUT2D eigenvalue weighted by Crippen LogP contribution is -2.36. The summed E-state index contributed by atoms with van der Waals surface area (Å²) in [7, 11) is -3.44. The molecule has 1 amide bonds. The fourth-order valence-corrected chi connectivity index (χ4v) is 4.27. The zero-order chi connectivity index (χ0) is 22.7. The lowest BCUT2D eigenvalue weighted by Gasteiger charge is -2.28. The molecule has 1 fully saturated rings. The monoisotopic (exact) mass is 520 g/mol. The molecule has 0 spiro atoms. The highest BCUT2D eigenvalue weighted by Crippen LogP contribution is 2.24. The van der Waals surface area contributed by atoms with Crippen molar-refractivity contribution in [1.29, 1.82) is 0 Å². The van der Waals surface area contributed by atoms with E-state index in [9.17, 15) is 13.2 Å².